The second-order valence-electron chi connectivity index (χ2n) is 2.33. The number of esters is 1. The van der Waals surface area contributed by atoms with Crippen LogP contribution < -0.4 is 0 Å². The van der Waals surface area contributed by atoms with Crippen LogP contribution in [0.2, 0.25) is 0 Å². The van der Waals surface area contributed by atoms with Gasteiger partial charge in [-0.1, -0.05) is 12.7 Å². The van der Waals surface area contributed by atoms with Gasteiger partial charge in [-0.15, -0.1) is 6.58 Å². The van der Waals surface area contributed by atoms with E-state index in [0.29, 0.717) is 6.61 Å². The summed E-state index contributed by atoms with van der Waals surface area (Å²) in [6, 6.07) is 0. The molecule has 68 valence electrons. The van der Waals surface area contributed by atoms with E-state index in [4.69, 9.17) is 5.11 Å². The molecule has 0 saturated carbocycles. The van der Waals surface area contributed by atoms with Gasteiger partial charge in [0.15, 0.2) is 0 Å². The van der Waals surface area contributed by atoms with Crippen molar-refractivity contribution in [2.45, 2.75) is 19.4 Å². The van der Waals surface area contributed by atoms with Crippen molar-refractivity contribution in [1.82, 2.24) is 0 Å². The number of aliphatic hydroxyl groups excluding tert-OH is 1. The van der Waals surface area contributed by atoms with Crippen molar-refractivity contribution in [3.8, 4) is 0 Å². The maximum Gasteiger partial charge on any atom is 0.333 e. The van der Waals surface area contributed by atoms with E-state index in [0.717, 1.165) is 0 Å². The summed E-state index contributed by atoms with van der Waals surface area (Å²) in [5.74, 6) is -0.460. The van der Waals surface area contributed by atoms with E-state index in [2.05, 4.69) is 17.9 Å². The Hall–Kier alpha value is -1.09. The Balaban J connectivity index is 3.86. The van der Waals surface area contributed by atoms with Gasteiger partial charge in [0, 0.05) is 12.0 Å². The molecule has 0 aromatic carbocycles. The highest BCUT2D eigenvalue weighted by atomic mass is 16.5. The van der Waals surface area contributed by atoms with Crippen molar-refractivity contribution >= 4 is 5.97 Å². The Kier molecular flexibility index (Phi) is 5.04. The summed E-state index contributed by atoms with van der Waals surface area (Å²) in [5.41, 5.74) is 0.268. The Morgan fingerprint density at radius 3 is 2.75 bits per heavy atom. The van der Waals surface area contributed by atoms with Crippen molar-refractivity contribution in [3.05, 3.63) is 24.8 Å². The molecule has 1 atom stereocenters. The van der Waals surface area contributed by atoms with Crippen LogP contribution in [0.5, 0.6) is 0 Å². The summed E-state index contributed by atoms with van der Waals surface area (Å²) in [7, 11) is 0. The lowest BCUT2D eigenvalue weighted by atomic mass is 10.1. The van der Waals surface area contributed by atoms with E-state index >= 15 is 0 Å². The van der Waals surface area contributed by atoms with E-state index in [-0.39, 0.29) is 12.0 Å². The molecule has 0 saturated heterocycles. The predicted octanol–water partition coefficient (Wildman–Crippen LogP) is 1.04. The average Bonchev–Trinajstić information content (AvgIpc) is 2.04. The molecule has 0 fully saturated rings. The average molecular weight is 170 g/mol. The number of aliphatic hydroxyl groups is 1. The van der Waals surface area contributed by atoms with Crippen LogP contribution in [0.15, 0.2) is 24.8 Å². The van der Waals surface area contributed by atoms with Gasteiger partial charge in [0.05, 0.1) is 12.7 Å². The zero-order chi connectivity index (χ0) is 9.56. The summed E-state index contributed by atoms with van der Waals surface area (Å²) in [4.78, 5) is 10.9. The summed E-state index contributed by atoms with van der Waals surface area (Å²) in [5, 5.41) is 9.06. The molecule has 0 rings (SSSR count). The summed E-state index contributed by atoms with van der Waals surface area (Å²) < 4.78 is 4.67. The van der Waals surface area contributed by atoms with Crippen LogP contribution >= 0.6 is 0 Å². The minimum atomic E-state index is -0.720. The quantitative estimate of drug-likeness (QED) is 0.381. The van der Waals surface area contributed by atoms with E-state index in [9.17, 15) is 4.79 Å². The van der Waals surface area contributed by atoms with Gasteiger partial charge < -0.3 is 9.84 Å². The fourth-order valence-electron chi connectivity index (χ4n) is 0.652. The first kappa shape index (κ1) is 10.9. The van der Waals surface area contributed by atoms with Gasteiger partial charge in [-0.25, -0.2) is 4.79 Å². The Morgan fingerprint density at radius 1 is 1.75 bits per heavy atom. The lowest BCUT2D eigenvalue weighted by Crippen LogP contribution is -2.12. The monoisotopic (exact) mass is 170 g/mol. The van der Waals surface area contributed by atoms with E-state index in [1.165, 1.54) is 6.08 Å². The highest BCUT2D eigenvalue weighted by molar-refractivity contribution is 5.87. The highest BCUT2D eigenvalue weighted by Crippen LogP contribution is 2.05. The molecule has 0 aliphatic carbocycles. The molecule has 0 aromatic heterocycles. The largest absolute Gasteiger partial charge is 0.463 e. The second-order valence-corrected chi connectivity index (χ2v) is 2.33. The standard InChI is InChI=1S/C9H14O3/c1-4-8(10)6-7(3)9(11)12-5-2/h4,8,10H,1,3,5-6H2,2H3/t8-/m1/s1. The van der Waals surface area contributed by atoms with Crippen LogP contribution in [0, 0.1) is 0 Å². The molecule has 1 N–H and O–H groups in total. The minimum absolute atomic E-state index is 0.183. The van der Waals surface area contributed by atoms with E-state index in [1.54, 1.807) is 6.92 Å². The topological polar surface area (TPSA) is 46.5 Å². The number of carbonyl (C=O) groups excluding carboxylic acids is 1. The maximum absolute atomic E-state index is 10.9. The van der Waals surface area contributed by atoms with Crippen LogP contribution in [0.25, 0.3) is 0 Å². The SMILES string of the molecule is C=C[C@@H](O)CC(=C)C(=O)OCC. The van der Waals surface area contributed by atoms with Crippen LogP contribution in [0.1, 0.15) is 13.3 Å². The molecule has 0 aliphatic heterocycles. The lowest BCUT2D eigenvalue weighted by molar-refractivity contribution is -0.138. The van der Waals surface area contributed by atoms with Crippen molar-refractivity contribution in [3.63, 3.8) is 0 Å². The third-order valence-electron chi connectivity index (χ3n) is 1.29. The zero-order valence-corrected chi connectivity index (χ0v) is 7.25. The predicted molar refractivity (Wildman–Crippen MR) is 46.6 cm³/mol. The number of ether oxygens (including phenoxy) is 1. The van der Waals surface area contributed by atoms with Gasteiger partial charge in [-0.05, 0) is 6.92 Å². The molecule has 12 heavy (non-hydrogen) atoms. The number of hydrogen-bond donors (Lipinski definition) is 1. The first-order valence-electron chi connectivity index (χ1n) is 3.77. The van der Waals surface area contributed by atoms with Crippen molar-refractivity contribution in [2.24, 2.45) is 0 Å². The lowest BCUT2D eigenvalue weighted by Gasteiger charge is -2.06. The molecule has 0 heterocycles. The smallest absolute Gasteiger partial charge is 0.333 e. The molecule has 0 amide bonds. The van der Waals surface area contributed by atoms with Gasteiger partial charge in [-0.3, -0.25) is 0 Å². The first-order valence-corrected chi connectivity index (χ1v) is 3.77. The van der Waals surface area contributed by atoms with E-state index in [1.807, 2.05) is 0 Å². The summed E-state index contributed by atoms with van der Waals surface area (Å²) in [6.07, 6.45) is 0.814. The number of hydrogen-bond acceptors (Lipinski definition) is 3. The maximum atomic E-state index is 10.9. The molecular weight excluding hydrogens is 156 g/mol. The molecule has 0 radical (unpaired) electrons. The van der Waals surface area contributed by atoms with Crippen LogP contribution in [-0.2, 0) is 9.53 Å². The highest BCUT2D eigenvalue weighted by Gasteiger charge is 2.10. The summed E-state index contributed by atoms with van der Waals surface area (Å²) >= 11 is 0. The normalized spacial score (nSPS) is 11.8. The third-order valence-corrected chi connectivity index (χ3v) is 1.29. The first-order chi connectivity index (χ1) is 5.61. The molecule has 3 nitrogen and oxygen atoms in total. The van der Waals surface area contributed by atoms with Gasteiger partial charge in [0.1, 0.15) is 0 Å². The Labute approximate surface area is 72.3 Å². The number of rotatable bonds is 5. The second kappa shape index (κ2) is 5.55. The van der Waals surface area contributed by atoms with Crippen molar-refractivity contribution in [1.29, 1.82) is 0 Å². The fourth-order valence-corrected chi connectivity index (χ4v) is 0.652. The van der Waals surface area contributed by atoms with Crippen LogP contribution in [0.4, 0.5) is 0 Å². The molecule has 0 aromatic rings. The fraction of sp³-hybridized carbons (Fsp3) is 0.444. The van der Waals surface area contributed by atoms with Crippen LogP contribution in [-0.4, -0.2) is 23.8 Å². The molecular formula is C9H14O3. The Bertz CT molecular complexity index is 184. The molecule has 0 spiro atoms. The van der Waals surface area contributed by atoms with Crippen LogP contribution in [0.3, 0.4) is 0 Å². The zero-order valence-electron chi connectivity index (χ0n) is 7.25. The van der Waals surface area contributed by atoms with Gasteiger partial charge in [0.25, 0.3) is 0 Å². The van der Waals surface area contributed by atoms with Crippen molar-refractivity contribution in [2.75, 3.05) is 6.61 Å². The van der Waals surface area contributed by atoms with Gasteiger partial charge in [-0.2, -0.15) is 0 Å². The summed E-state index contributed by atoms with van der Waals surface area (Å²) in [6.45, 7) is 8.89. The van der Waals surface area contributed by atoms with E-state index < -0.39 is 12.1 Å². The van der Waals surface area contributed by atoms with Crippen molar-refractivity contribution < 1.29 is 14.6 Å². The molecule has 0 unspecified atom stereocenters. The molecule has 3 heteroatoms. The Morgan fingerprint density at radius 2 is 2.33 bits per heavy atom. The van der Waals surface area contributed by atoms with Gasteiger partial charge in [0.2, 0.25) is 0 Å². The number of carbonyl (C=O) groups is 1. The molecule has 0 bridgehead atoms. The van der Waals surface area contributed by atoms with Gasteiger partial charge >= 0.3 is 5.97 Å². The minimum Gasteiger partial charge on any atom is -0.463 e. The third kappa shape index (κ3) is 3.93. The molecule has 0 aliphatic rings.